The molecule has 3 aliphatic rings. The highest BCUT2D eigenvalue weighted by molar-refractivity contribution is 6.06. The molecule has 12 nitrogen and oxygen atoms in total. The van der Waals surface area contributed by atoms with Crippen LogP contribution in [0.5, 0.6) is 17.2 Å². The summed E-state index contributed by atoms with van der Waals surface area (Å²) in [7, 11) is 0. The van der Waals surface area contributed by atoms with Crippen LogP contribution in [0, 0.1) is 0 Å². The standard InChI is InChI=1S/C45H49N5O7/c1-2-36(30-8-14-33(51)15-9-30)43(31-10-16-34(52)17-11-31)32-12-18-35(19-13-32)57-28-27-48-23-25-49(26-24-48)42(54)7-4-22-46-39-6-3-5-37-38(39)29-50(45(37)56)40-20-21-41(53)47-44(40)55/h3,5-6,8-19,40,46,51-52H,2,4,7,20-29H2,1H3,(H,47,53,55). The van der Waals surface area contributed by atoms with Gasteiger partial charge in [-0.1, -0.05) is 49.4 Å². The van der Waals surface area contributed by atoms with E-state index in [1.807, 2.05) is 53.4 Å². The van der Waals surface area contributed by atoms with E-state index in [1.165, 1.54) is 0 Å². The third kappa shape index (κ3) is 9.13. The topological polar surface area (TPSA) is 152 Å². The Kier molecular flexibility index (Phi) is 12.2. The van der Waals surface area contributed by atoms with E-state index in [4.69, 9.17) is 4.74 Å². The van der Waals surface area contributed by atoms with Gasteiger partial charge >= 0.3 is 0 Å². The molecule has 2 saturated heterocycles. The quantitative estimate of drug-likeness (QED) is 0.0725. The van der Waals surface area contributed by atoms with E-state index in [0.29, 0.717) is 57.6 Å². The highest BCUT2D eigenvalue weighted by Crippen LogP contribution is 2.36. The molecular formula is C45H49N5O7. The lowest BCUT2D eigenvalue weighted by atomic mass is 9.88. The summed E-state index contributed by atoms with van der Waals surface area (Å²) in [5, 5.41) is 25.5. The van der Waals surface area contributed by atoms with Gasteiger partial charge in [-0.3, -0.25) is 29.4 Å². The van der Waals surface area contributed by atoms with Crippen molar-refractivity contribution >= 4 is 40.5 Å². The fourth-order valence-electron chi connectivity index (χ4n) is 7.93. The van der Waals surface area contributed by atoms with Gasteiger partial charge in [-0.05, 0) is 95.6 Å². The van der Waals surface area contributed by atoms with Gasteiger partial charge < -0.3 is 30.1 Å². The van der Waals surface area contributed by atoms with E-state index in [9.17, 15) is 29.4 Å². The lowest BCUT2D eigenvalue weighted by Crippen LogP contribution is -2.52. The molecule has 3 heterocycles. The first-order valence-electron chi connectivity index (χ1n) is 19.7. The zero-order valence-electron chi connectivity index (χ0n) is 32.2. The largest absolute Gasteiger partial charge is 0.508 e. The molecule has 296 valence electrons. The predicted octanol–water partition coefficient (Wildman–Crippen LogP) is 5.64. The summed E-state index contributed by atoms with van der Waals surface area (Å²) in [4.78, 5) is 56.0. The maximum Gasteiger partial charge on any atom is 0.255 e. The minimum absolute atomic E-state index is 0.127. The van der Waals surface area contributed by atoms with Crippen LogP contribution in [-0.2, 0) is 20.9 Å². The van der Waals surface area contributed by atoms with Crippen LogP contribution in [0.3, 0.4) is 0 Å². The number of allylic oxidation sites excluding steroid dienone is 1. The number of aromatic hydroxyl groups is 2. The molecule has 1 atom stereocenters. The molecule has 0 spiro atoms. The van der Waals surface area contributed by atoms with Crippen LogP contribution in [0.25, 0.3) is 11.1 Å². The first-order chi connectivity index (χ1) is 27.7. The number of fused-ring (bicyclic) bond motifs is 1. The SMILES string of the molecule is CCC(=C(c1ccc(O)cc1)c1ccc(OCCN2CCN(C(=O)CCCNc3cccc4c3CN(C3CCC(=O)NC3=O)C4=O)CC2)cc1)c1ccc(O)cc1. The molecular weight excluding hydrogens is 723 g/mol. The van der Waals surface area contributed by atoms with Gasteiger partial charge in [0.25, 0.3) is 5.91 Å². The number of piperidine rings is 1. The van der Waals surface area contributed by atoms with Crippen LogP contribution >= 0.6 is 0 Å². The van der Waals surface area contributed by atoms with Crippen LogP contribution in [0.15, 0.2) is 91.0 Å². The summed E-state index contributed by atoms with van der Waals surface area (Å²) in [6.45, 7) is 7.13. The number of nitrogens with one attached hydrogen (secondary N) is 2. The number of piperazine rings is 1. The van der Waals surface area contributed by atoms with E-state index in [-0.39, 0.29) is 35.6 Å². The molecule has 0 radical (unpaired) electrons. The van der Waals surface area contributed by atoms with Gasteiger partial charge in [0.15, 0.2) is 0 Å². The number of phenols is 2. The number of hydrogen-bond acceptors (Lipinski definition) is 9. The van der Waals surface area contributed by atoms with Crippen molar-refractivity contribution in [2.75, 3.05) is 51.2 Å². The third-order valence-corrected chi connectivity index (χ3v) is 11.0. The van der Waals surface area contributed by atoms with Crippen molar-refractivity contribution in [3.8, 4) is 17.2 Å². The number of hydrogen-bond donors (Lipinski definition) is 4. The normalized spacial score (nSPS) is 17.6. The van der Waals surface area contributed by atoms with Crippen molar-refractivity contribution in [2.45, 2.75) is 51.6 Å². The molecule has 4 aromatic carbocycles. The monoisotopic (exact) mass is 771 g/mol. The smallest absolute Gasteiger partial charge is 0.255 e. The Morgan fingerprint density at radius 3 is 2.14 bits per heavy atom. The summed E-state index contributed by atoms with van der Waals surface area (Å²) in [6.07, 6.45) is 2.36. The van der Waals surface area contributed by atoms with Gasteiger partial charge in [-0.25, -0.2) is 0 Å². The maximum atomic E-state index is 13.1. The van der Waals surface area contributed by atoms with Crippen LogP contribution in [0.4, 0.5) is 5.69 Å². The Morgan fingerprint density at radius 2 is 1.49 bits per heavy atom. The van der Waals surface area contributed by atoms with E-state index in [2.05, 4.69) is 34.6 Å². The molecule has 3 aliphatic heterocycles. The molecule has 0 aromatic heterocycles. The third-order valence-electron chi connectivity index (χ3n) is 11.0. The molecule has 2 fully saturated rings. The van der Waals surface area contributed by atoms with Crippen molar-refractivity contribution < 1.29 is 34.1 Å². The average molecular weight is 772 g/mol. The minimum Gasteiger partial charge on any atom is -0.508 e. The second-order valence-electron chi connectivity index (χ2n) is 14.7. The molecule has 0 aliphatic carbocycles. The fraction of sp³-hybridized carbons (Fsp3) is 0.333. The number of amides is 4. The lowest BCUT2D eigenvalue weighted by Gasteiger charge is -2.34. The zero-order chi connectivity index (χ0) is 39.9. The summed E-state index contributed by atoms with van der Waals surface area (Å²) >= 11 is 0. The molecule has 4 amide bonds. The maximum absolute atomic E-state index is 13.1. The summed E-state index contributed by atoms with van der Waals surface area (Å²) in [6, 6.07) is 27.3. The number of ether oxygens (including phenoxy) is 1. The van der Waals surface area contributed by atoms with Gasteiger partial charge in [-0.15, -0.1) is 0 Å². The van der Waals surface area contributed by atoms with Crippen molar-refractivity contribution in [3.63, 3.8) is 0 Å². The van der Waals surface area contributed by atoms with Gasteiger partial charge in [0.2, 0.25) is 17.7 Å². The van der Waals surface area contributed by atoms with E-state index in [0.717, 1.165) is 70.9 Å². The summed E-state index contributed by atoms with van der Waals surface area (Å²) < 4.78 is 6.15. The van der Waals surface area contributed by atoms with Gasteiger partial charge in [-0.2, -0.15) is 0 Å². The number of carbonyl (C=O) groups is 4. The minimum atomic E-state index is -0.659. The highest BCUT2D eigenvalue weighted by atomic mass is 16.5. The number of rotatable bonds is 14. The number of carbonyl (C=O) groups excluding carboxylic acids is 4. The Hall–Kier alpha value is -6.14. The summed E-state index contributed by atoms with van der Waals surface area (Å²) in [5.74, 6) is 0.376. The average Bonchev–Trinajstić information content (AvgIpc) is 3.56. The van der Waals surface area contributed by atoms with Gasteiger partial charge in [0.1, 0.15) is 29.9 Å². The van der Waals surface area contributed by atoms with E-state index < -0.39 is 11.9 Å². The first kappa shape index (κ1) is 39.1. The molecule has 0 saturated carbocycles. The van der Waals surface area contributed by atoms with Crippen molar-refractivity contribution in [3.05, 3.63) is 119 Å². The predicted molar refractivity (Wildman–Crippen MR) is 218 cm³/mol. The van der Waals surface area contributed by atoms with Gasteiger partial charge in [0, 0.05) is 75.5 Å². The van der Waals surface area contributed by atoms with E-state index >= 15 is 0 Å². The van der Waals surface area contributed by atoms with Crippen LogP contribution in [0.2, 0.25) is 0 Å². The van der Waals surface area contributed by atoms with E-state index in [1.54, 1.807) is 35.2 Å². The molecule has 4 N–H and O–H groups in total. The number of anilines is 1. The highest BCUT2D eigenvalue weighted by Gasteiger charge is 2.39. The Labute approximate surface area is 332 Å². The number of imide groups is 1. The Morgan fingerprint density at radius 1 is 0.842 bits per heavy atom. The molecule has 12 heteroatoms. The summed E-state index contributed by atoms with van der Waals surface area (Å²) in [5.41, 5.74) is 7.41. The van der Waals surface area contributed by atoms with Gasteiger partial charge in [0.05, 0.1) is 0 Å². The molecule has 0 bridgehead atoms. The number of benzene rings is 4. The van der Waals surface area contributed by atoms with Crippen LogP contribution < -0.4 is 15.4 Å². The van der Waals surface area contributed by atoms with Crippen LogP contribution in [-0.4, -0.2) is 100 Å². The number of nitrogens with zero attached hydrogens (tertiary/aromatic N) is 3. The fourth-order valence-corrected chi connectivity index (χ4v) is 7.93. The van der Waals surface area contributed by atoms with Crippen LogP contribution in [0.1, 0.15) is 71.6 Å². The Balaban J connectivity index is 0.852. The first-order valence-corrected chi connectivity index (χ1v) is 19.7. The zero-order valence-corrected chi connectivity index (χ0v) is 32.2. The second-order valence-corrected chi connectivity index (χ2v) is 14.7. The lowest BCUT2D eigenvalue weighted by molar-refractivity contribution is -0.137. The molecule has 57 heavy (non-hydrogen) atoms. The number of phenolic OH excluding ortho intramolecular Hbond substituents is 2. The van der Waals surface area contributed by atoms with Crippen molar-refractivity contribution in [1.29, 1.82) is 0 Å². The Bertz CT molecular complexity index is 2120. The molecule has 1 unspecified atom stereocenters. The second kappa shape index (κ2) is 17.8. The van der Waals surface area contributed by atoms with Crippen molar-refractivity contribution in [2.24, 2.45) is 0 Å². The molecule has 7 rings (SSSR count). The van der Waals surface area contributed by atoms with Crippen molar-refractivity contribution in [1.82, 2.24) is 20.0 Å². The molecule has 4 aromatic rings.